The molecule has 0 spiro atoms. The normalized spacial score (nSPS) is 13.6. The topological polar surface area (TPSA) is 86.8 Å². The van der Waals surface area contributed by atoms with Gasteiger partial charge in [-0.2, -0.15) is 5.10 Å². The maximum atomic E-state index is 13.8. The lowest BCUT2D eigenvalue weighted by Crippen LogP contribution is -2.35. The molecule has 8 heteroatoms. The molecule has 0 fully saturated rings. The number of azide groups is 1. The average Bonchev–Trinajstić information content (AvgIpc) is 2.88. The van der Waals surface area contributed by atoms with Gasteiger partial charge in [-0.15, -0.1) is 0 Å². The van der Waals surface area contributed by atoms with Crippen LogP contribution in [0.4, 0.5) is 8.78 Å². The molecular weight excluding hydrogens is 268 g/mol. The van der Waals surface area contributed by atoms with Crippen LogP contribution < -0.4 is 0 Å². The summed E-state index contributed by atoms with van der Waals surface area (Å²) in [5.41, 5.74) is 6.43. The third-order valence-corrected chi connectivity index (χ3v) is 2.81. The molecule has 0 bridgehead atoms. The number of aliphatic hydroxyl groups is 1. The number of rotatable bonds is 5. The van der Waals surface area contributed by atoms with E-state index >= 15 is 0 Å². The van der Waals surface area contributed by atoms with Gasteiger partial charge in [0.25, 0.3) is 0 Å². The quantitative estimate of drug-likeness (QED) is 0.517. The van der Waals surface area contributed by atoms with Crippen LogP contribution in [0.15, 0.2) is 41.8 Å². The van der Waals surface area contributed by atoms with E-state index in [1.54, 1.807) is 12.3 Å². The van der Waals surface area contributed by atoms with Crippen LogP contribution in [-0.2, 0) is 12.1 Å². The van der Waals surface area contributed by atoms with Gasteiger partial charge in [-0.1, -0.05) is 11.2 Å². The molecule has 1 N–H and O–H groups in total. The fourth-order valence-corrected chi connectivity index (χ4v) is 1.90. The van der Waals surface area contributed by atoms with Gasteiger partial charge in [0.15, 0.2) is 0 Å². The minimum Gasteiger partial charge on any atom is -0.383 e. The van der Waals surface area contributed by atoms with Crippen LogP contribution in [0.25, 0.3) is 10.4 Å². The van der Waals surface area contributed by atoms with Gasteiger partial charge < -0.3 is 5.11 Å². The van der Waals surface area contributed by atoms with Crippen molar-refractivity contribution in [2.24, 2.45) is 5.11 Å². The third-order valence-electron chi connectivity index (χ3n) is 2.81. The predicted octanol–water partition coefficient (Wildman–Crippen LogP) is 2.36. The second-order valence-electron chi connectivity index (χ2n) is 4.25. The van der Waals surface area contributed by atoms with Gasteiger partial charge in [0, 0.05) is 28.9 Å². The van der Waals surface area contributed by atoms with E-state index in [2.05, 4.69) is 15.1 Å². The Balaban J connectivity index is 2.42. The second-order valence-corrected chi connectivity index (χ2v) is 4.25. The van der Waals surface area contributed by atoms with Crippen LogP contribution in [-0.4, -0.2) is 21.4 Å². The molecule has 104 valence electrons. The summed E-state index contributed by atoms with van der Waals surface area (Å²) >= 11 is 0. The van der Waals surface area contributed by atoms with E-state index in [1.165, 1.54) is 10.9 Å². The van der Waals surface area contributed by atoms with E-state index < -0.39 is 23.8 Å². The Labute approximate surface area is 112 Å². The summed E-state index contributed by atoms with van der Waals surface area (Å²) in [6.07, 6.45) is 3.07. The SMILES string of the molecule is [N-]=[N+]=NCC(O)(Cn1cccn1)c1ccc(F)cc1F. The van der Waals surface area contributed by atoms with Gasteiger partial charge in [-0.25, -0.2) is 8.78 Å². The van der Waals surface area contributed by atoms with Crippen molar-refractivity contribution in [2.45, 2.75) is 12.1 Å². The van der Waals surface area contributed by atoms with Gasteiger partial charge in [-0.3, -0.25) is 4.68 Å². The molecule has 0 radical (unpaired) electrons. The number of halogens is 2. The highest BCUT2D eigenvalue weighted by atomic mass is 19.1. The van der Waals surface area contributed by atoms with Crippen molar-refractivity contribution in [3.63, 3.8) is 0 Å². The monoisotopic (exact) mass is 279 g/mol. The lowest BCUT2D eigenvalue weighted by Gasteiger charge is -2.27. The van der Waals surface area contributed by atoms with Crippen molar-refractivity contribution < 1.29 is 13.9 Å². The summed E-state index contributed by atoms with van der Waals surface area (Å²) < 4.78 is 28.2. The lowest BCUT2D eigenvalue weighted by atomic mass is 9.93. The summed E-state index contributed by atoms with van der Waals surface area (Å²) in [5.74, 6) is -1.66. The van der Waals surface area contributed by atoms with Crippen LogP contribution >= 0.6 is 0 Å². The zero-order valence-electron chi connectivity index (χ0n) is 10.3. The molecule has 1 aromatic heterocycles. The van der Waals surface area contributed by atoms with E-state index in [0.29, 0.717) is 6.07 Å². The van der Waals surface area contributed by atoms with Crippen LogP contribution in [0.3, 0.4) is 0 Å². The standard InChI is InChI=1S/C12H11F2N5O/c13-9-2-3-10(11(14)6-9)12(20,7-16-18-15)8-19-5-1-4-17-19/h1-6,20H,7-8H2. The number of hydrogen-bond donors (Lipinski definition) is 1. The Kier molecular flexibility index (Phi) is 3.97. The van der Waals surface area contributed by atoms with Crippen LogP contribution in [0.5, 0.6) is 0 Å². The Morgan fingerprint density at radius 2 is 2.25 bits per heavy atom. The first-order valence-electron chi connectivity index (χ1n) is 5.71. The molecule has 20 heavy (non-hydrogen) atoms. The summed E-state index contributed by atoms with van der Waals surface area (Å²) in [7, 11) is 0. The predicted molar refractivity (Wildman–Crippen MR) is 66.5 cm³/mol. The minimum absolute atomic E-state index is 0.123. The number of aromatic nitrogens is 2. The lowest BCUT2D eigenvalue weighted by molar-refractivity contribution is 0.0207. The Hall–Kier alpha value is -2.44. The number of benzene rings is 1. The van der Waals surface area contributed by atoms with E-state index in [0.717, 1.165) is 12.1 Å². The molecular formula is C12H11F2N5O. The minimum atomic E-state index is -1.81. The van der Waals surface area contributed by atoms with Gasteiger partial charge in [0.05, 0.1) is 13.1 Å². The molecule has 1 unspecified atom stereocenters. The zero-order valence-corrected chi connectivity index (χ0v) is 10.3. The average molecular weight is 279 g/mol. The van der Waals surface area contributed by atoms with Gasteiger partial charge in [0.1, 0.15) is 17.2 Å². The molecule has 1 atom stereocenters. The first-order chi connectivity index (χ1) is 9.55. The molecule has 0 aliphatic carbocycles. The van der Waals surface area contributed by atoms with Gasteiger partial charge in [0.2, 0.25) is 0 Å². The van der Waals surface area contributed by atoms with Crippen LogP contribution in [0.1, 0.15) is 5.56 Å². The van der Waals surface area contributed by atoms with Crippen molar-refractivity contribution in [3.05, 3.63) is 64.3 Å². The van der Waals surface area contributed by atoms with Crippen molar-refractivity contribution in [1.29, 1.82) is 0 Å². The largest absolute Gasteiger partial charge is 0.383 e. The Morgan fingerprint density at radius 1 is 1.45 bits per heavy atom. The number of hydrogen-bond acceptors (Lipinski definition) is 3. The van der Waals surface area contributed by atoms with Crippen LogP contribution in [0, 0.1) is 11.6 Å². The molecule has 1 aromatic carbocycles. The molecule has 6 nitrogen and oxygen atoms in total. The summed E-state index contributed by atoms with van der Waals surface area (Å²) in [6.45, 7) is -0.520. The van der Waals surface area contributed by atoms with E-state index in [1.807, 2.05) is 0 Å². The summed E-state index contributed by atoms with van der Waals surface area (Å²) in [4.78, 5) is 2.56. The molecule has 2 rings (SSSR count). The maximum absolute atomic E-state index is 13.8. The summed E-state index contributed by atoms with van der Waals surface area (Å²) in [5, 5.41) is 17.8. The highest BCUT2D eigenvalue weighted by molar-refractivity contribution is 5.25. The van der Waals surface area contributed by atoms with Crippen molar-refractivity contribution in [2.75, 3.05) is 6.54 Å². The third kappa shape index (κ3) is 2.93. The van der Waals surface area contributed by atoms with Gasteiger partial charge >= 0.3 is 0 Å². The highest BCUT2D eigenvalue weighted by Gasteiger charge is 2.32. The molecule has 2 aromatic rings. The smallest absolute Gasteiger partial charge is 0.132 e. The maximum Gasteiger partial charge on any atom is 0.132 e. The first-order valence-corrected chi connectivity index (χ1v) is 5.71. The van der Waals surface area contributed by atoms with Gasteiger partial charge in [-0.05, 0) is 17.7 Å². The number of nitrogens with zero attached hydrogens (tertiary/aromatic N) is 5. The van der Waals surface area contributed by atoms with Crippen molar-refractivity contribution in [3.8, 4) is 0 Å². The highest BCUT2D eigenvalue weighted by Crippen LogP contribution is 2.27. The second kappa shape index (κ2) is 5.68. The van der Waals surface area contributed by atoms with E-state index in [9.17, 15) is 13.9 Å². The van der Waals surface area contributed by atoms with Crippen LogP contribution in [0.2, 0.25) is 0 Å². The Bertz CT molecular complexity index is 639. The fraction of sp³-hybridized carbons (Fsp3) is 0.250. The molecule has 0 saturated carbocycles. The molecule has 1 heterocycles. The van der Waals surface area contributed by atoms with Crippen molar-refractivity contribution in [1.82, 2.24) is 9.78 Å². The molecule has 0 amide bonds. The Morgan fingerprint density at radius 3 is 2.85 bits per heavy atom. The molecule has 0 aliphatic heterocycles. The zero-order chi connectivity index (χ0) is 14.6. The fourth-order valence-electron chi connectivity index (χ4n) is 1.90. The molecule has 0 aliphatic rings. The summed E-state index contributed by atoms with van der Waals surface area (Å²) in [6, 6.07) is 4.46. The van der Waals surface area contributed by atoms with E-state index in [4.69, 9.17) is 5.53 Å². The van der Waals surface area contributed by atoms with E-state index in [-0.39, 0.29) is 12.1 Å². The molecule has 0 saturated heterocycles. The first kappa shape index (κ1) is 14.0. The van der Waals surface area contributed by atoms with Crippen molar-refractivity contribution >= 4 is 0 Å².